The maximum absolute atomic E-state index is 13.5. The zero-order valence-corrected chi connectivity index (χ0v) is 11.5. The Hall–Kier alpha value is -1.88. The van der Waals surface area contributed by atoms with E-state index in [1.807, 2.05) is 18.2 Å². The second kappa shape index (κ2) is 6.33. The summed E-state index contributed by atoms with van der Waals surface area (Å²) in [5.74, 6) is -0.318. The van der Waals surface area contributed by atoms with Crippen molar-refractivity contribution >= 4 is 27.5 Å². The Morgan fingerprint density at radius 1 is 1.21 bits per heavy atom. The van der Waals surface area contributed by atoms with Crippen LogP contribution in [-0.4, -0.2) is 12.5 Å². The molecule has 0 aliphatic carbocycles. The Balaban J connectivity index is 1.91. The number of carbonyl (C=O) groups excluding carboxylic acids is 1. The Morgan fingerprint density at radius 3 is 2.63 bits per heavy atom. The van der Waals surface area contributed by atoms with Crippen molar-refractivity contribution in [2.24, 2.45) is 0 Å². The normalized spacial score (nSPS) is 10.0. The second-order valence-corrected chi connectivity index (χ2v) is 4.69. The van der Waals surface area contributed by atoms with E-state index in [1.165, 1.54) is 12.1 Å². The third kappa shape index (κ3) is 4.06. The van der Waals surface area contributed by atoms with Crippen LogP contribution in [0.3, 0.4) is 0 Å². The average Bonchev–Trinajstić information content (AvgIpc) is 2.41. The molecule has 0 aliphatic rings. The van der Waals surface area contributed by atoms with Crippen molar-refractivity contribution in [3.05, 3.63) is 58.8 Å². The topological polar surface area (TPSA) is 38.3 Å². The van der Waals surface area contributed by atoms with Gasteiger partial charge in [0.15, 0.2) is 6.61 Å². The highest BCUT2D eigenvalue weighted by atomic mass is 79.9. The first kappa shape index (κ1) is 13.5. The number of nitrogens with one attached hydrogen (secondary N) is 1. The van der Waals surface area contributed by atoms with Crippen molar-refractivity contribution < 1.29 is 13.9 Å². The van der Waals surface area contributed by atoms with Gasteiger partial charge in [0.05, 0.1) is 5.69 Å². The van der Waals surface area contributed by atoms with E-state index < -0.39 is 11.7 Å². The van der Waals surface area contributed by atoms with Crippen LogP contribution in [0, 0.1) is 5.82 Å². The van der Waals surface area contributed by atoms with Crippen LogP contribution >= 0.6 is 15.9 Å². The van der Waals surface area contributed by atoms with Gasteiger partial charge in [-0.05, 0) is 30.3 Å². The Morgan fingerprint density at radius 2 is 1.95 bits per heavy atom. The highest BCUT2D eigenvalue weighted by Crippen LogP contribution is 2.19. The lowest BCUT2D eigenvalue weighted by atomic mass is 10.3. The molecule has 0 heterocycles. The van der Waals surface area contributed by atoms with Crippen molar-refractivity contribution in [3.63, 3.8) is 0 Å². The number of benzene rings is 2. The van der Waals surface area contributed by atoms with E-state index in [9.17, 15) is 9.18 Å². The Bertz CT molecular complexity index is 575. The lowest BCUT2D eigenvalue weighted by molar-refractivity contribution is -0.118. The number of rotatable bonds is 4. The molecule has 2 aromatic carbocycles. The Kier molecular flexibility index (Phi) is 4.52. The van der Waals surface area contributed by atoms with E-state index in [4.69, 9.17) is 4.74 Å². The van der Waals surface area contributed by atoms with Crippen molar-refractivity contribution in [3.8, 4) is 5.75 Å². The van der Waals surface area contributed by atoms with E-state index in [0.717, 1.165) is 0 Å². The molecule has 3 nitrogen and oxygen atoms in total. The van der Waals surface area contributed by atoms with Crippen LogP contribution in [-0.2, 0) is 4.79 Å². The Labute approximate surface area is 118 Å². The highest BCUT2D eigenvalue weighted by molar-refractivity contribution is 9.10. The number of ether oxygens (including phenoxy) is 1. The maximum atomic E-state index is 13.5. The van der Waals surface area contributed by atoms with E-state index in [0.29, 0.717) is 10.2 Å². The largest absolute Gasteiger partial charge is 0.484 e. The summed E-state index contributed by atoms with van der Waals surface area (Å²) >= 11 is 3.15. The lowest BCUT2D eigenvalue weighted by Gasteiger charge is -2.08. The molecule has 5 heteroatoms. The van der Waals surface area contributed by atoms with Gasteiger partial charge in [-0.15, -0.1) is 0 Å². The zero-order valence-electron chi connectivity index (χ0n) is 9.90. The lowest BCUT2D eigenvalue weighted by Crippen LogP contribution is -2.20. The fraction of sp³-hybridized carbons (Fsp3) is 0.0714. The third-order valence-corrected chi connectivity index (χ3v) is 2.81. The van der Waals surface area contributed by atoms with Crippen LogP contribution in [0.25, 0.3) is 0 Å². The molecule has 0 aromatic heterocycles. The van der Waals surface area contributed by atoms with Crippen LogP contribution in [0.1, 0.15) is 0 Å². The molecule has 2 rings (SSSR count). The molecule has 1 amide bonds. The van der Waals surface area contributed by atoms with Crippen molar-refractivity contribution in [2.75, 3.05) is 11.9 Å². The van der Waals surface area contributed by atoms with Gasteiger partial charge in [0.1, 0.15) is 11.6 Å². The highest BCUT2D eigenvalue weighted by Gasteiger charge is 2.08. The number of carbonyl (C=O) groups is 1. The van der Waals surface area contributed by atoms with Crippen LogP contribution < -0.4 is 10.1 Å². The molecule has 0 saturated heterocycles. The first-order valence-corrected chi connectivity index (χ1v) is 6.37. The van der Waals surface area contributed by atoms with Gasteiger partial charge in [-0.1, -0.05) is 34.1 Å². The summed E-state index contributed by atoms with van der Waals surface area (Å²) in [7, 11) is 0. The first-order valence-electron chi connectivity index (χ1n) is 5.58. The van der Waals surface area contributed by atoms with Gasteiger partial charge >= 0.3 is 0 Å². The zero-order chi connectivity index (χ0) is 13.7. The molecule has 0 unspecified atom stereocenters. The van der Waals surface area contributed by atoms with Gasteiger partial charge in [-0.3, -0.25) is 4.79 Å². The van der Waals surface area contributed by atoms with Crippen molar-refractivity contribution in [1.82, 2.24) is 0 Å². The molecule has 0 radical (unpaired) electrons. The molecule has 0 bridgehead atoms. The molecule has 0 aliphatic heterocycles. The minimum absolute atomic E-state index is 0.130. The van der Waals surface area contributed by atoms with E-state index in [2.05, 4.69) is 21.2 Å². The van der Waals surface area contributed by atoms with Crippen LogP contribution in [0.5, 0.6) is 5.75 Å². The fourth-order valence-electron chi connectivity index (χ4n) is 1.44. The number of anilines is 1. The molecule has 98 valence electrons. The van der Waals surface area contributed by atoms with Crippen LogP contribution in [0.15, 0.2) is 53.0 Å². The van der Waals surface area contributed by atoms with Crippen molar-refractivity contribution in [2.45, 2.75) is 0 Å². The van der Waals surface area contributed by atoms with Crippen LogP contribution in [0.4, 0.5) is 10.1 Å². The van der Waals surface area contributed by atoms with Gasteiger partial charge in [0.2, 0.25) is 0 Å². The summed E-state index contributed by atoms with van der Waals surface area (Å²) in [6.07, 6.45) is 0. The average molecular weight is 324 g/mol. The molecule has 0 atom stereocenters. The van der Waals surface area contributed by atoms with Gasteiger partial charge in [-0.25, -0.2) is 4.39 Å². The second-order valence-electron chi connectivity index (χ2n) is 3.77. The maximum Gasteiger partial charge on any atom is 0.262 e. The van der Waals surface area contributed by atoms with E-state index in [1.54, 1.807) is 18.2 Å². The van der Waals surface area contributed by atoms with Gasteiger partial charge in [0.25, 0.3) is 5.91 Å². The molecular formula is C14H11BrFNO2. The smallest absolute Gasteiger partial charge is 0.262 e. The standard InChI is InChI=1S/C14H11BrFNO2/c15-10-6-7-13(12(16)8-10)17-14(18)9-19-11-4-2-1-3-5-11/h1-8H,9H2,(H,17,18). The monoisotopic (exact) mass is 323 g/mol. The number of para-hydroxylation sites is 1. The first-order chi connectivity index (χ1) is 9.15. The van der Waals surface area contributed by atoms with Crippen molar-refractivity contribution in [1.29, 1.82) is 0 Å². The minimum Gasteiger partial charge on any atom is -0.484 e. The van der Waals surface area contributed by atoms with Gasteiger partial charge in [0, 0.05) is 4.47 Å². The number of halogens is 2. The van der Waals surface area contributed by atoms with Crippen LogP contribution in [0.2, 0.25) is 0 Å². The van der Waals surface area contributed by atoms with E-state index >= 15 is 0 Å². The fourth-order valence-corrected chi connectivity index (χ4v) is 1.78. The van der Waals surface area contributed by atoms with Gasteiger partial charge < -0.3 is 10.1 Å². The molecule has 19 heavy (non-hydrogen) atoms. The number of amides is 1. The number of hydrogen-bond acceptors (Lipinski definition) is 2. The van der Waals surface area contributed by atoms with Gasteiger partial charge in [-0.2, -0.15) is 0 Å². The molecule has 0 spiro atoms. The predicted octanol–water partition coefficient (Wildman–Crippen LogP) is 3.61. The number of hydrogen-bond donors (Lipinski definition) is 1. The summed E-state index contributed by atoms with van der Waals surface area (Å²) in [6.45, 7) is -0.167. The third-order valence-electron chi connectivity index (χ3n) is 2.32. The molecule has 2 aromatic rings. The SMILES string of the molecule is O=C(COc1ccccc1)Nc1ccc(Br)cc1F. The summed E-state index contributed by atoms with van der Waals surface area (Å²) in [5.41, 5.74) is 0.130. The molecule has 1 N–H and O–H groups in total. The summed E-state index contributed by atoms with van der Waals surface area (Å²) in [6, 6.07) is 13.4. The predicted molar refractivity (Wildman–Crippen MR) is 74.7 cm³/mol. The quantitative estimate of drug-likeness (QED) is 0.933. The molecule has 0 saturated carbocycles. The molecule has 0 fully saturated rings. The summed E-state index contributed by atoms with van der Waals surface area (Å²) < 4.78 is 19.4. The molecular weight excluding hydrogens is 313 g/mol. The summed E-state index contributed by atoms with van der Waals surface area (Å²) in [4.78, 5) is 11.6. The minimum atomic E-state index is -0.498. The van der Waals surface area contributed by atoms with E-state index in [-0.39, 0.29) is 12.3 Å². The summed E-state index contributed by atoms with van der Waals surface area (Å²) in [5, 5.41) is 2.45.